The Kier molecular flexibility index (Phi) is 2.35. The Hall–Kier alpha value is 0.520. The smallest absolute Gasteiger partial charge is 0.213 e. The van der Waals surface area contributed by atoms with Crippen LogP contribution in [-0.2, 0) is 8.87 Å². The molecule has 0 aliphatic heterocycles. The van der Waals surface area contributed by atoms with Gasteiger partial charge in [0.2, 0.25) is 8.87 Å². The van der Waals surface area contributed by atoms with E-state index in [1.54, 1.807) is 0 Å². The van der Waals surface area contributed by atoms with Gasteiger partial charge in [0.25, 0.3) is 4.96 Å². The summed E-state index contributed by atoms with van der Waals surface area (Å²) in [7, 11) is -3.95. The quantitative estimate of drug-likeness (QED) is 0.352. The minimum Gasteiger partial charge on any atom is -0.213 e. The van der Waals surface area contributed by atoms with Gasteiger partial charge in [0.05, 0.1) is 0 Å². The topological polar surface area (TPSA) is 34.1 Å². The normalized spacial score (nSPS) is 16.4. The van der Waals surface area contributed by atoms with Gasteiger partial charge < -0.3 is 0 Å². The van der Waals surface area contributed by atoms with Crippen molar-refractivity contribution in [2.75, 3.05) is 0 Å². The van der Waals surface area contributed by atoms with Crippen LogP contribution in [0.4, 0.5) is 4.39 Å². The van der Waals surface area contributed by atoms with Gasteiger partial charge in [-0.1, -0.05) is 11.6 Å². The summed E-state index contributed by atoms with van der Waals surface area (Å²) in [5.74, 6) is 0. The van der Waals surface area contributed by atoms with Gasteiger partial charge in [-0.25, -0.2) is 12.8 Å². The van der Waals surface area contributed by atoms with Crippen molar-refractivity contribution in [3.63, 3.8) is 0 Å². The van der Waals surface area contributed by atoms with Crippen LogP contribution >= 0.6 is 23.3 Å². The number of hydrogen-bond donors (Lipinski definition) is 1. The second-order valence-corrected chi connectivity index (χ2v) is 4.39. The molecular formula is CH2ClFO2S2. The van der Waals surface area contributed by atoms with Crippen molar-refractivity contribution in [1.82, 2.24) is 0 Å². The van der Waals surface area contributed by atoms with Gasteiger partial charge in [-0.3, -0.25) is 0 Å². The molecule has 0 saturated heterocycles. The zero-order chi connectivity index (χ0) is 6.08. The van der Waals surface area contributed by atoms with Crippen LogP contribution < -0.4 is 0 Å². The Bertz CT molecular complexity index is 138. The summed E-state index contributed by atoms with van der Waals surface area (Å²) in [5, 5.41) is 0. The molecule has 0 aromatic carbocycles. The predicted octanol–water partition coefficient (Wildman–Crippen LogP) is 0.738. The van der Waals surface area contributed by atoms with Crippen LogP contribution in [0, 0.1) is 0 Å². The average Bonchev–Trinajstić information content (AvgIpc) is 1.31. The molecule has 0 spiro atoms. The summed E-state index contributed by atoms with van der Waals surface area (Å²) in [4.78, 5) is -2.39. The van der Waals surface area contributed by atoms with Crippen LogP contribution in [-0.4, -0.2) is 13.4 Å². The molecule has 0 aromatic rings. The molecule has 0 fully saturated rings. The molecule has 0 saturated carbocycles. The highest BCUT2D eigenvalue weighted by Gasteiger charge is 2.15. The number of alkyl halides is 2. The molecule has 2 nitrogen and oxygen atoms in total. The van der Waals surface area contributed by atoms with Crippen molar-refractivity contribution in [1.29, 1.82) is 0 Å². The summed E-state index contributed by atoms with van der Waals surface area (Å²) >= 11 is 7.24. The van der Waals surface area contributed by atoms with Crippen LogP contribution in [0.25, 0.3) is 0 Å². The van der Waals surface area contributed by atoms with Crippen LogP contribution in [0.2, 0.25) is 0 Å². The fourth-order valence-electron chi connectivity index (χ4n) is 0. The minimum absolute atomic E-state index is 2.39. The largest absolute Gasteiger partial charge is 0.283 e. The molecule has 0 aromatic heterocycles. The SMILES string of the molecule is O=S(=O)(S)C(F)Cl. The molecule has 0 radical (unpaired) electrons. The predicted molar refractivity (Wildman–Crippen MR) is 28.7 cm³/mol. The zero-order valence-electron chi connectivity index (χ0n) is 3.01. The molecular weight excluding hydrogens is 163 g/mol. The van der Waals surface area contributed by atoms with Crippen molar-refractivity contribution in [2.45, 2.75) is 4.96 Å². The molecule has 0 bridgehead atoms. The Morgan fingerprint density at radius 3 is 1.86 bits per heavy atom. The van der Waals surface area contributed by atoms with Crippen LogP contribution in [0.15, 0.2) is 0 Å². The molecule has 7 heavy (non-hydrogen) atoms. The van der Waals surface area contributed by atoms with Crippen LogP contribution in [0.1, 0.15) is 0 Å². The first kappa shape index (κ1) is 7.52. The number of hydrogen-bond acceptors (Lipinski definition) is 2. The van der Waals surface area contributed by atoms with E-state index in [4.69, 9.17) is 0 Å². The molecule has 0 aliphatic carbocycles. The Morgan fingerprint density at radius 2 is 1.86 bits per heavy atom. The van der Waals surface area contributed by atoms with E-state index < -0.39 is 13.8 Å². The van der Waals surface area contributed by atoms with Gasteiger partial charge in [0, 0.05) is 0 Å². The van der Waals surface area contributed by atoms with Crippen molar-refractivity contribution in [2.24, 2.45) is 0 Å². The lowest BCUT2D eigenvalue weighted by Gasteiger charge is -1.88. The fourth-order valence-corrected chi connectivity index (χ4v) is 0. The third kappa shape index (κ3) is 3.13. The molecule has 0 amide bonds. The average molecular weight is 165 g/mol. The van der Waals surface area contributed by atoms with E-state index in [0.717, 1.165) is 0 Å². The third-order valence-corrected chi connectivity index (χ3v) is 2.31. The van der Waals surface area contributed by atoms with E-state index in [2.05, 4.69) is 23.3 Å². The third-order valence-electron chi connectivity index (χ3n) is 0.225. The van der Waals surface area contributed by atoms with E-state index in [0.29, 0.717) is 0 Å². The van der Waals surface area contributed by atoms with Gasteiger partial charge >= 0.3 is 0 Å². The lowest BCUT2D eigenvalue weighted by Crippen LogP contribution is -1.99. The number of halogens is 2. The van der Waals surface area contributed by atoms with Gasteiger partial charge in [0.15, 0.2) is 0 Å². The standard InChI is InChI=1S/CH2ClFO2S2/c2-1(3)7(4,5)6/h1H,(H,4,5,6). The summed E-state index contributed by atoms with van der Waals surface area (Å²) in [6.07, 6.45) is 0. The lowest BCUT2D eigenvalue weighted by atomic mass is 11.8. The Balaban J connectivity index is 4.10. The first-order valence-electron chi connectivity index (χ1n) is 1.19. The summed E-state index contributed by atoms with van der Waals surface area (Å²) in [6, 6.07) is 0. The number of rotatable bonds is 1. The molecule has 0 rings (SSSR count). The maximum atomic E-state index is 11.3. The summed E-state index contributed by atoms with van der Waals surface area (Å²) in [6.45, 7) is 0. The van der Waals surface area contributed by atoms with Crippen LogP contribution in [0.5, 0.6) is 0 Å². The highest BCUT2D eigenvalue weighted by molar-refractivity contribution is 8.64. The summed E-state index contributed by atoms with van der Waals surface area (Å²) < 4.78 is 30.7. The van der Waals surface area contributed by atoms with Crippen molar-refractivity contribution < 1.29 is 12.8 Å². The summed E-state index contributed by atoms with van der Waals surface area (Å²) in [5.41, 5.74) is 0. The maximum absolute atomic E-state index is 11.3. The van der Waals surface area contributed by atoms with E-state index >= 15 is 0 Å². The first-order valence-corrected chi connectivity index (χ1v) is 4.22. The molecule has 1 atom stereocenters. The van der Waals surface area contributed by atoms with E-state index in [1.165, 1.54) is 0 Å². The van der Waals surface area contributed by atoms with E-state index in [9.17, 15) is 12.8 Å². The van der Waals surface area contributed by atoms with Gasteiger partial charge in [0.1, 0.15) is 0 Å². The van der Waals surface area contributed by atoms with Crippen molar-refractivity contribution in [3.05, 3.63) is 0 Å². The number of thiol groups is 1. The Labute approximate surface area is 50.4 Å². The zero-order valence-corrected chi connectivity index (χ0v) is 5.47. The minimum atomic E-state index is -3.95. The monoisotopic (exact) mass is 164 g/mol. The Morgan fingerprint density at radius 1 is 1.71 bits per heavy atom. The van der Waals surface area contributed by atoms with Crippen molar-refractivity contribution in [3.8, 4) is 0 Å². The molecule has 0 aliphatic rings. The van der Waals surface area contributed by atoms with Crippen LogP contribution in [0.3, 0.4) is 0 Å². The maximum Gasteiger partial charge on any atom is 0.283 e. The fraction of sp³-hybridized carbons (Fsp3) is 1.00. The second kappa shape index (κ2) is 2.19. The molecule has 1 unspecified atom stereocenters. The highest BCUT2D eigenvalue weighted by Crippen LogP contribution is 2.10. The highest BCUT2D eigenvalue weighted by atomic mass is 35.5. The lowest BCUT2D eigenvalue weighted by molar-refractivity contribution is 0.515. The molecule has 0 N–H and O–H groups in total. The van der Waals surface area contributed by atoms with Gasteiger partial charge in [-0.05, 0) is 11.7 Å². The van der Waals surface area contributed by atoms with Gasteiger partial charge in [-0.15, -0.1) is 0 Å². The molecule has 44 valence electrons. The second-order valence-electron chi connectivity index (χ2n) is 0.776. The molecule has 0 heterocycles. The first-order chi connectivity index (χ1) is 2.94. The van der Waals surface area contributed by atoms with E-state index in [1.807, 2.05) is 0 Å². The molecule has 6 heteroatoms. The van der Waals surface area contributed by atoms with E-state index in [-0.39, 0.29) is 0 Å². The van der Waals surface area contributed by atoms with Crippen molar-refractivity contribution >= 4 is 32.1 Å². The van der Waals surface area contributed by atoms with Gasteiger partial charge in [-0.2, -0.15) is 0 Å².